The van der Waals surface area contributed by atoms with Gasteiger partial charge < -0.3 is 10.1 Å². The number of rotatable bonds is 9. The van der Waals surface area contributed by atoms with E-state index in [9.17, 15) is 0 Å². The van der Waals surface area contributed by atoms with E-state index >= 15 is 0 Å². The van der Waals surface area contributed by atoms with E-state index in [0.29, 0.717) is 6.04 Å². The Hall–Kier alpha value is -0.0800. The van der Waals surface area contributed by atoms with Crippen molar-refractivity contribution in [1.29, 1.82) is 0 Å². The van der Waals surface area contributed by atoms with Crippen molar-refractivity contribution in [3.05, 3.63) is 0 Å². The van der Waals surface area contributed by atoms with Crippen molar-refractivity contribution in [1.82, 2.24) is 5.32 Å². The van der Waals surface area contributed by atoms with Crippen molar-refractivity contribution < 1.29 is 4.74 Å². The van der Waals surface area contributed by atoms with Crippen molar-refractivity contribution in [3.63, 3.8) is 0 Å². The van der Waals surface area contributed by atoms with Crippen LogP contribution < -0.4 is 5.32 Å². The third-order valence-corrected chi connectivity index (χ3v) is 3.21. The molecule has 15 heavy (non-hydrogen) atoms. The number of unbranched alkanes of at least 4 members (excludes halogenated alkanes) is 1. The van der Waals surface area contributed by atoms with Gasteiger partial charge in [0, 0.05) is 12.6 Å². The van der Waals surface area contributed by atoms with Crippen LogP contribution in [0.3, 0.4) is 0 Å². The van der Waals surface area contributed by atoms with Gasteiger partial charge >= 0.3 is 0 Å². The summed E-state index contributed by atoms with van der Waals surface area (Å²) < 4.78 is 5.93. The highest BCUT2D eigenvalue weighted by atomic mass is 16.5. The predicted octanol–water partition coefficient (Wildman–Crippen LogP) is 3.36. The minimum absolute atomic E-state index is 0.0000694. The van der Waals surface area contributed by atoms with Crippen LogP contribution in [-0.4, -0.2) is 24.8 Å². The van der Waals surface area contributed by atoms with Crippen LogP contribution in [0.2, 0.25) is 0 Å². The van der Waals surface area contributed by atoms with Crippen LogP contribution in [0.25, 0.3) is 0 Å². The van der Waals surface area contributed by atoms with E-state index < -0.39 is 0 Å². The highest BCUT2D eigenvalue weighted by Gasteiger charge is 2.31. The van der Waals surface area contributed by atoms with Gasteiger partial charge in [0.05, 0.1) is 5.60 Å². The maximum atomic E-state index is 5.93. The molecule has 2 nitrogen and oxygen atoms in total. The fourth-order valence-electron chi connectivity index (χ4n) is 2.06. The summed E-state index contributed by atoms with van der Waals surface area (Å²) in [5.41, 5.74) is -0.0000694. The first-order chi connectivity index (χ1) is 7.14. The van der Waals surface area contributed by atoms with Crippen molar-refractivity contribution in [2.45, 2.75) is 71.9 Å². The molecule has 92 valence electrons. The third kappa shape index (κ3) is 4.98. The molecule has 0 rings (SSSR count). The van der Waals surface area contributed by atoms with E-state index in [0.717, 1.165) is 19.6 Å². The Morgan fingerprint density at radius 2 is 1.87 bits per heavy atom. The quantitative estimate of drug-likeness (QED) is 0.637. The van der Waals surface area contributed by atoms with E-state index in [2.05, 4.69) is 39.9 Å². The molecule has 2 heteroatoms. The number of nitrogens with one attached hydrogen (secondary N) is 1. The van der Waals surface area contributed by atoms with Crippen LogP contribution in [0, 0.1) is 0 Å². The molecule has 0 aliphatic rings. The van der Waals surface area contributed by atoms with E-state index in [1.54, 1.807) is 0 Å². The summed E-state index contributed by atoms with van der Waals surface area (Å²) in [5, 5.41) is 3.57. The molecule has 0 radical (unpaired) electrons. The van der Waals surface area contributed by atoms with E-state index in [1.807, 2.05) is 0 Å². The minimum atomic E-state index is -0.0000694. The van der Waals surface area contributed by atoms with Gasteiger partial charge in [0.15, 0.2) is 0 Å². The first-order valence-electron chi connectivity index (χ1n) is 6.51. The first-order valence-corrected chi connectivity index (χ1v) is 6.51. The average Bonchev–Trinajstić information content (AvgIpc) is 2.24. The maximum absolute atomic E-state index is 5.93. The molecule has 0 aromatic carbocycles. The largest absolute Gasteiger partial charge is 0.374 e. The summed E-state index contributed by atoms with van der Waals surface area (Å²) in [6, 6.07) is 0.493. The van der Waals surface area contributed by atoms with Gasteiger partial charge in [0.25, 0.3) is 0 Å². The molecular weight excluding hydrogens is 186 g/mol. The summed E-state index contributed by atoms with van der Waals surface area (Å²) in [7, 11) is 0. The lowest BCUT2D eigenvalue weighted by Crippen LogP contribution is -2.50. The summed E-state index contributed by atoms with van der Waals surface area (Å²) in [6.07, 6.45) is 4.82. The number of hydrogen-bond donors (Lipinski definition) is 1. The van der Waals surface area contributed by atoms with Crippen molar-refractivity contribution in [3.8, 4) is 0 Å². The van der Waals surface area contributed by atoms with Gasteiger partial charge in [-0.25, -0.2) is 0 Å². The number of likely N-dealkylation sites (N-methyl/N-ethyl adjacent to an activating group) is 1. The van der Waals surface area contributed by atoms with E-state index in [4.69, 9.17) is 4.74 Å². The molecule has 0 bridgehead atoms. The Labute approximate surface area is 95.8 Å². The molecule has 2 unspecified atom stereocenters. The van der Waals surface area contributed by atoms with Crippen molar-refractivity contribution in [2.24, 2.45) is 0 Å². The predicted molar refractivity (Wildman–Crippen MR) is 67.3 cm³/mol. The van der Waals surface area contributed by atoms with E-state index in [1.165, 1.54) is 19.3 Å². The van der Waals surface area contributed by atoms with Gasteiger partial charge in [-0.05, 0) is 33.2 Å². The van der Waals surface area contributed by atoms with Gasteiger partial charge in [0.2, 0.25) is 0 Å². The number of hydrogen-bond acceptors (Lipinski definition) is 2. The second kappa shape index (κ2) is 8.12. The maximum Gasteiger partial charge on any atom is 0.0803 e. The van der Waals surface area contributed by atoms with Crippen LogP contribution >= 0.6 is 0 Å². The lowest BCUT2D eigenvalue weighted by Gasteiger charge is -2.37. The minimum Gasteiger partial charge on any atom is -0.374 e. The molecule has 0 aromatic rings. The fraction of sp³-hybridized carbons (Fsp3) is 1.00. The second-order valence-corrected chi connectivity index (χ2v) is 4.35. The van der Waals surface area contributed by atoms with Gasteiger partial charge in [-0.3, -0.25) is 0 Å². The lowest BCUT2D eigenvalue weighted by molar-refractivity contribution is -0.0570. The molecule has 0 spiro atoms. The van der Waals surface area contributed by atoms with Crippen molar-refractivity contribution >= 4 is 0 Å². The molecule has 0 saturated carbocycles. The van der Waals surface area contributed by atoms with Crippen LogP contribution in [0.1, 0.15) is 60.3 Å². The average molecular weight is 215 g/mol. The molecule has 0 aromatic heterocycles. The highest BCUT2D eigenvalue weighted by molar-refractivity contribution is 4.88. The summed E-state index contributed by atoms with van der Waals surface area (Å²) in [4.78, 5) is 0. The molecule has 0 heterocycles. The summed E-state index contributed by atoms with van der Waals surface area (Å²) >= 11 is 0. The van der Waals surface area contributed by atoms with Crippen LogP contribution in [-0.2, 0) is 4.74 Å². The third-order valence-electron chi connectivity index (χ3n) is 3.21. The van der Waals surface area contributed by atoms with Gasteiger partial charge in [-0.15, -0.1) is 0 Å². The second-order valence-electron chi connectivity index (χ2n) is 4.35. The fourth-order valence-corrected chi connectivity index (χ4v) is 2.06. The molecule has 0 aliphatic carbocycles. The SMILES string of the molecule is CCCCC(NCC)C(C)(CC)OCC. The zero-order valence-corrected chi connectivity index (χ0v) is 11.2. The Morgan fingerprint density at radius 3 is 2.27 bits per heavy atom. The molecule has 0 saturated heterocycles. The molecule has 2 atom stereocenters. The van der Waals surface area contributed by atoms with Crippen molar-refractivity contribution in [2.75, 3.05) is 13.2 Å². The highest BCUT2D eigenvalue weighted by Crippen LogP contribution is 2.23. The monoisotopic (exact) mass is 215 g/mol. The Kier molecular flexibility index (Phi) is 8.07. The van der Waals surface area contributed by atoms with Crippen LogP contribution in [0.4, 0.5) is 0 Å². The molecule has 0 aliphatic heterocycles. The van der Waals surface area contributed by atoms with Gasteiger partial charge in [-0.1, -0.05) is 33.6 Å². The Bertz CT molecular complexity index is 149. The van der Waals surface area contributed by atoms with Crippen LogP contribution in [0.15, 0.2) is 0 Å². The zero-order valence-electron chi connectivity index (χ0n) is 11.2. The van der Waals surface area contributed by atoms with Gasteiger partial charge in [0.1, 0.15) is 0 Å². The number of ether oxygens (including phenoxy) is 1. The normalized spacial score (nSPS) is 17.4. The molecular formula is C13H29NO. The summed E-state index contributed by atoms with van der Waals surface area (Å²) in [5.74, 6) is 0. The first kappa shape index (κ1) is 14.9. The lowest BCUT2D eigenvalue weighted by atomic mass is 9.89. The van der Waals surface area contributed by atoms with Crippen LogP contribution in [0.5, 0.6) is 0 Å². The van der Waals surface area contributed by atoms with Gasteiger partial charge in [-0.2, -0.15) is 0 Å². The molecule has 0 fully saturated rings. The summed E-state index contributed by atoms with van der Waals surface area (Å²) in [6.45, 7) is 12.8. The van der Waals surface area contributed by atoms with E-state index in [-0.39, 0.29) is 5.60 Å². The molecule has 1 N–H and O–H groups in total. The molecule has 0 amide bonds. The Balaban J connectivity index is 4.37. The zero-order chi connectivity index (χ0) is 11.7. The smallest absolute Gasteiger partial charge is 0.0803 e. The topological polar surface area (TPSA) is 21.3 Å². The standard InChI is InChI=1S/C13H29NO/c1-6-10-11-12(14-8-3)13(5,7-2)15-9-4/h12,14H,6-11H2,1-5H3. The Morgan fingerprint density at radius 1 is 1.20 bits per heavy atom.